The van der Waals surface area contributed by atoms with Crippen LogP contribution < -0.4 is 5.32 Å². The lowest BCUT2D eigenvalue weighted by atomic mass is 9.87. The van der Waals surface area contributed by atoms with E-state index in [1.54, 1.807) is 18.2 Å². The Morgan fingerprint density at radius 2 is 1.80 bits per heavy atom. The minimum atomic E-state index is -2.59. The third-order valence-corrected chi connectivity index (χ3v) is 8.54. The van der Waals surface area contributed by atoms with Crippen molar-refractivity contribution >= 4 is 45.9 Å². The summed E-state index contributed by atoms with van der Waals surface area (Å²) in [5.74, 6) is -4.93. The number of aryl methyl sites for hydroxylation is 1. The molecule has 1 aromatic heterocycles. The van der Waals surface area contributed by atoms with Crippen molar-refractivity contribution in [3.63, 3.8) is 0 Å². The predicted octanol–water partition coefficient (Wildman–Crippen LogP) is 6.06. The third kappa shape index (κ3) is 6.17. The van der Waals surface area contributed by atoms with Gasteiger partial charge in [0, 0.05) is 43.2 Å². The number of hydrogen-bond acceptors (Lipinski definition) is 5. The van der Waals surface area contributed by atoms with Crippen LogP contribution in [0.15, 0.2) is 48.7 Å². The normalized spacial score (nSPS) is 21.0. The van der Waals surface area contributed by atoms with Gasteiger partial charge in [-0.1, -0.05) is 35.9 Å². The van der Waals surface area contributed by atoms with Crippen LogP contribution in [-0.2, 0) is 27.3 Å². The van der Waals surface area contributed by atoms with Crippen LogP contribution in [0.2, 0.25) is 5.02 Å². The summed E-state index contributed by atoms with van der Waals surface area (Å²) in [5, 5.41) is 13.2. The second-order valence-corrected chi connectivity index (χ2v) is 11.3. The monoisotopic (exact) mass is 583 g/mol. The van der Waals surface area contributed by atoms with E-state index in [1.807, 2.05) is 42.0 Å². The SMILES string of the molecule is CCn1cc(C(=O)Nc2ccc(CC(=O)C(F)(O[C@H]3CC[C@H](C(=O)O)CC3)N3CCCC3)cc2Cl)c2ccccc21. The van der Waals surface area contributed by atoms with Crippen LogP contribution in [0.1, 0.15) is 61.4 Å². The molecule has 0 radical (unpaired) electrons. The molecule has 3 aromatic rings. The molecule has 1 saturated carbocycles. The van der Waals surface area contributed by atoms with E-state index in [0.29, 0.717) is 55.6 Å². The van der Waals surface area contributed by atoms with Gasteiger partial charge in [0.25, 0.3) is 5.91 Å². The molecule has 2 aromatic carbocycles. The van der Waals surface area contributed by atoms with E-state index >= 15 is 4.39 Å². The van der Waals surface area contributed by atoms with Crippen molar-refractivity contribution in [2.75, 3.05) is 18.4 Å². The first kappa shape index (κ1) is 29.2. The molecule has 2 heterocycles. The zero-order valence-corrected chi connectivity index (χ0v) is 23.8. The summed E-state index contributed by atoms with van der Waals surface area (Å²) in [6, 6.07) is 12.5. The number of fused-ring (bicyclic) bond motifs is 1. The van der Waals surface area contributed by atoms with Crippen molar-refractivity contribution in [1.29, 1.82) is 0 Å². The number of hydrogen-bond donors (Lipinski definition) is 2. The first-order chi connectivity index (χ1) is 19.7. The first-order valence-electron chi connectivity index (χ1n) is 14.2. The number of carbonyl (C=O) groups excluding carboxylic acids is 2. The van der Waals surface area contributed by atoms with Crippen LogP contribution in [0.4, 0.5) is 10.1 Å². The molecule has 1 aliphatic heterocycles. The van der Waals surface area contributed by atoms with Crippen LogP contribution in [-0.4, -0.2) is 57.4 Å². The lowest BCUT2D eigenvalue weighted by Gasteiger charge is -2.37. The largest absolute Gasteiger partial charge is 0.481 e. The number of likely N-dealkylation sites (tertiary alicyclic amines) is 1. The van der Waals surface area contributed by atoms with E-state index in [4.69, 9.17) is 16.3 Å². The molecule has 1 atom stereocenters. The van der Waals surface area contributed by atoms with Gasteiger partial charge in [-0.2, -0.15) is 4.39 Å². The summed E-state index contributed by atoms with van der Waals surface area (Å²) in [6.45, 7) is 3.55. The maximum absolute atomic E-state index is 16.5. The summed E-state index contributed by atoms with van der Waals surface area (Å²) in [4.78, 5) is 39.3. The number of alkyl halides is 1. The van der Waals surface area contributed by atoms with Crippen LogP contribution in [0.25, 0.3) is 10.9 Å². The fourth-order valence-electron chi connectivity index (χ4n) is 5.91. The number of Topliss-reactive ketones (excluding diaryl/α,β-unsaturated/α-hetero) is 1. The van der Waals surface area contributed by atoms with Gasteiger partial charge in [-0.05, 0) is 69.2 Å². The standard InChI is InChI=1S/C31H35ClFN3O5/c1-2-35-19-24(23-7-3-4-8-27(23)35)29(38)34-26-14-9-20(17-25(26)32)18-28(37)31(33,36-15-5-6-16-36)41-22-12-10-21(11-13-22)30(39)40/h3-4,7-9,14,17,19,21-22H,2,5-6,10-13,15-16,18H2,1H3,(H,34,38)(H,39,40)/t21-,22-,31?. The highest BCUT2D eigenvalue weighted by Crippen LogP contribution is 2.35. The van der Waals surface area contributed by atoms with Gasteiger partial charge in [-0.3, -0.25) is 14.4 Å². The molecule has 1 unspecified atom stereocenters. The number of aromatic nitrogens is 1. The molecule has 1 saturated heterocycles. The zero-order valence-electron chi connectivity index (χ0n) is 23.1. The summed E-state index contributed by atoms with van der Waals surface area (Å²) < 4.78 is 24.3. The van der Waals surface area contributed by atoms with Crippen LogP contribution >= 0.6 is 11.6 Å². The van der Waals surface area contributed by atoms with Crippen molar-refractivity contribution in [3.05, 3.63) is 64.8 Å². The van der Waals surface area contributed by atoms with Crippen LogP contribution in [0, 0.1) is 5.92 Å². The number of ketones is 1. The number of nitrogens with one attached hydrogen (secondary N) is 1. The molecular formula is C31H35ClFN3O5. The molecule has 0 bridgehead atoms. The van der Waals surface area contributed by atoms with E-state index in [-0.39, 0.29) is 17.4 Å². The van der Waals surface area contributed by atoms with Gasteiger partial charge in [-0.25, -0.2) is 4.90 Å². The molecule has 2 N–H and O–H groups in total. The Balaban J connectivity index is 1.29. The molecule has 41 heavy (non-hydrogen) atoms. The number of amides is 1. The Morgan fingerprint density at radius 1 is 1.10 bits per heavy atom. The number of carboxylic acid groups (broad SMARTS) is 1. The Hall–Kier alpha value is -3.27. The second kappa shape index (κ2) is 12.3. The number of nitrogens with zero attached hydrogens (tertiary/aromatic N) is 2. The average Bonchev–Trinajstić information content (AvgIpc) is 3.64. The number of rotatable bonds is 10. The second-order valence-electron chi connectivity index (χ2n) is 10.9. The lowest BCUT2D eigenvalue weighted by molar-refractivity contribution is -0.252. The van der Waals surface area contributed by atoms with Crippen LogP contribution in [0.5, 0.6) is 0 Å². The molecule has 1 aliphatic carbocycles. The first-order valence-corrected chi connectivity index (χ1v) is 14.6. The third-order valence-electron chi connectivity index (χ3n) is 8.22. The van der Waals surface area contributed by atoms with E-state index in [2.05, 4.69) is 5.32 Å². The maximum atomic E-state index is 16.5. The number of para-hydroxylation sites is 1. The van der Waals surface area contributed by atoms with Gasteiger partial charge in [-0.15, -0.1) is 0 Å². The van der Waals surface area contributed by atoms with E-state index in [0.717, 1.165) is 30.3 Å². The molecule has 2 fully saturated rings. The van der Waals surface area contributed by atoms with Gasteiger partial charge in [0.05, 0.1) is 28.3 Å². The summed E-state index contributed by atoms with van der Waals surface area (Å²) >= 11 is 6.52. The van der Waals surface area contributed by atoms with Crippen molar-refractivity contribution in [3.8, 4) is 0 Å². The maximum Gasteiger partial charge on any atom is 0.330 e. The number of halogens is 2. The molecular weight excluding hydrogens is 549 g/mol. The number of ether oxygens (including phenoxy) is 1. The quantitative estimate of drug-likeness (QED) is 0.282. The highest BCUT2D eigenvalue weighted by molar-refractivity contribution is 6.34. The number of carboxylic acids is 1. The summed E-state index contributed by atoms with van der Waals surface area (Å²) in [5.41, 5.74) is 2.38. The number of carbonyl (C=O) groups is 3. The van der Waals surface area contributed by atoms with Crippen LogP contribution in [0.3, 0.4) is 0 Å². The van der Waals surface area contributed by atoms with Crippen molar-refractivity contribution < 1.29 is 28.6 Å². The molecule has 10 heteroatoms. The number of anilines is 1. The molecule has 2 aliphatic rings. The Bertz CT molecular complexity index is 1440. The number of benzene rings is 2. The van der Waals surface area contributed by atoms with E-state index in [9.17, 15) is 19.5 Å². The Kier molecular flexibility index (Phi) is 8.77. The van der Waals surface area contributed by atoms with E-state index < -0.39 is 29.8 Å². The Labute approximate surface area is 243 Å². The van der Waals surface area contributed by atoms with Gasteiger partial charge < -0.3 is 19.7 Å². The predicted molar refractivity (Wildman–Crippen MR) is 155 cm³/mol. The fourth-order valence-corrected chi connectivity index (χ4v) is 6.16. The van der Waals surface area contributed by atoms with Crippen molar-refractivity contribution in [2.45, 2.75) is 70.5 Å². The van der Waals surface area contributed by atoms with Gasteiger partial charge in [0.1, 0.15) is 0 Å². The van der Waals surface area contributed by atoms with Gasteiger partial charge in [0.15, 0.2) is 0 Å². The minimum Gasteiger partial charge on any atom is -0.481 e. The zero-order chi connectivity index (χ0) is 29.1. The summed E-state index contributed by atoms with van der Waals surface area (Å²) in [6.07, 6.45) is 4.15. The summed E-state index contributed by atoms with van der Waals surface area (Å²) in [7, 11) is 0. The fraction of sp³-hybridized carbons (Fsp3) is 0.452. The highest BCUT2D eigenvalue weighted by Gasteiger charge is 2.48. The highest BCUT2D eigenvalue weighted by atomic mass is 35.5. The van der Waals surface area contributed by atoms with E-state index in [1.165, 1.54) is 4.90 Å². The molecule has 1 amide bonds. The topological polar surface area (TPSA) is 101 Å². The Morgan fingerprint density at radius 3 is 2.46 bits per heavy atom. The smallest absolute Gasteiger partial charge is 0.330 e. The average molecular weight is 584 g/mol. The minimum absolute atomic E-state index is 0.237. The molecule has 0 spiro atoms. The molecule has 5 rings (SSSR count). The molecule has 218 valence electrons. The lowest BCUT2D eigenvalue weighted by Crippen LogP contribution is -2.54. The van der Waals surface area contributed by atoms with Gasteiger partial charge in [0.2, 0.25) is 5.78 Å². The number of aliphatic carboxylic acids is 1. The van der Waals surface area contributed by atoms with Crippen molar-refractivity contribution in [1.82, 2.24) is 9.47 Å². The van der Waals surface area contributed by atoms with Crippen molar-refractivity contribution in [2.24, 2.45) is 5.92 Å². The van der Waals surface area contributed by atoms with Gasteiger partial charge >= 0.3 is 11.9 Å². The molecule has 8 nitrogen and oxygen atoms in total.